The van der Waals surface area contributed by atoms with Gasteiger partial charge in [-0.1, -0.05) is 24.3 Å². The first-order valence-corrected chi connectivity index (χ1v) is 10.2. The van der Waals surface area contributed by atoms with Crippen molar-refractivity contribution in [3.63, 3.8) is 0 Å². The molecule has 2 aliphatic heterocycles. The molecule has 3 aromatic rings. The van der Waals surface area contributed by atoms with Crippen LogP contribution in [0.3, 0.4) is 0 Å². The Labute approximate surface area is 178 Å². The lowest BCUT2D eigenvalue weighted by molar-refractivity contribution is 0.0486. The van der Waals surface area contributed by atoms with Crippen LogP contribution in [0.1, 0.15) is 50.9 Å². The van der Waals surface area contributed by atoms with Gasteiger partial charge >= 0.3 is 5.97 Å². The highest BCUT2D eigenvalue weighted by Crippen LogP contribution is 2.39. The molecule has 0 spiro atoms. The van der Waals surface area contributed by atoms with Gasteiger partial charge in [0.05, 0.1) is 35.8 Å². The van der Waals surface area contributed by atoms with Crippen molar-refractivity contribution >= 4 is 22.8 Å². The molecule has 0 N–H and O–H groups in total. The summed E-state index contributed by atoms with van der Waals surface area (Å²) in [5, 5.41) is 0.434. The van der Waals surface area contributed by atoms with Gasteiger partial charge in [0, 0.05) is 13.2 Å². The molecule has 0 unspecified atom stereocenters. The van der Waals surface area contributed by atoms with Gasteiger partial charge in [-0.3, -0.25) is 9.59 Å². The zero-order chi connectivity index (χ0) is 21.5. The Hall–Kier alpha value is -3.45. The number of carbonyl (C=O) groups excluding carboxylic acids is 2. The largest absolute Gasteiger partial charge is 0.465 e. The maximum Gasteiger partial charge on any atom is 0.337 e. The summed E-state index contributed by atoms with van der Waals surface area (Å²) in [7, 11) is 1.32. The SMILES string of the molecule is COC(=O)c1ccc([C@@H]2c3c(oc4ccccc4c3=O)C(=O)N2C[C@@H]2CCCO2)cc1. The topological polar surface area (TPSA) is 86.0 Å². The number of nitrogens with zero attached hydrogens (tertiary/aromatic N) is 1. The van der Waals surface area contributed by atoms with E-state index in [1.807, 2.05) is 0 Å². The molecule has 1 aromatic heterocycles. The van der Waals surface area contributed by atoms with Gasteiger partial charge in [-0.2, -0.15) is 0 Å². The van der Waals surface area contributed by atoms with Crippen molar-refractivity contribution in [1.29, 1.82) is 0 Å². The molecule has 0 bridgehead atoms. The fourth-order valence-electron chi connectivity index (χ4n) is 4.43. The minimum Gasteiger partial charge on any atom is -0.465 e. The number of ether oxygens (including phenoxy) is 2. The third-order valence-electron chi connectivity index (χ3n) is 5.95. The number of esters is 1. The van der Waals surface area contributed by atoms with Crippen LogP contribution >= 0.6 is 0 Å². The van der Waals surface area contributed by atoms with E-state index in [0.717, 1.165) is 18.4 Å². The van der Waals surface area contributed by atoms with E-state index >= 15 is 0 Å². The predicted octanol–water partition coefficient (Wildman–Crippen LogP) is 3.30. The number of rotatable bonds is 4. The molecule has 1 amide bonds. The monoisotopic (exact) mass is 419 g/mol. The van der Waals surface area contributed by atoms with Crippen molar-refractivity contribution in [2.24, 2.45) is 0 Å². The van der Waals surface area contributed by atoms with E-state index in [2.05, 4.69) is 0 Å². The molecule has 2 aromatic carbocycles. The minimum atomic E-state index is -0.612. The van der Waals surface area contributed by atoms with Crippen LogP contribution in [0, 0.1) is 0 Å². The first-order chi connectivity index (χ1) is 15.1. The second kappa shape index (κ2) is 7.67. The van der Waals surface area contributed by atoms with E-state index in [1.165, 1.54) is 7.11 Å². The van der Waals surface area contributed by atoms with Gasteiger partial charge in [-0.15, -0.1) is 0 Å². The van der Waals surface area contributed by atoms with Crippen molar-refractivity contribution < 1.29 is 23.5 Å². The molecule has 0 radical (unpaired) electrons. The molecule has 0 saturated carbocycles. The lowest BCUT2D eigenvalue weighted by Gasteiger charge is -2.27. The fraction of sp³-hybridized carbons (Fsp3) is 0.292. The summed E-state index contributed by atoms with van der Waals surface area (Å²) >= 11 is 0. The maximum atomic E-state index is 13.4. The number of methoxy groups -OCH3 is 1. The van der Waals surface area contributed by atoms with E-state index in [-0.39, 0.29) is 23.2 Å². The lowest BCUT2D eigenvalue weighted by atomic mass is 9.97. The molecule has 0 aliphatic carbocycles. The zero-order valence-corrected chi connectivity index (χ0v) is 17.0. The highest BCUT2D eigenvalue weighted by atomic mass is 16.5. The standard InChI is InChI=1S/C24H21NO6/c1-29-24(28)15-10-8-14(9-11-15)20-19-21(26)17-6-2-3-7-18(17)31-22(19)23(27)25(20)13-16-5-4-12-30-16/h2-3,6-11,16,20H,4-5,12-13H2,1H3/t16-,20+/m0/s1. The Balaban J connectivity index is 1.65. The Morgan fingerprint density at radius 1 is 1.13 bits per heavy atom. The third-order valence-corrected chi connectivity index (χ3v) is 5.95. The first-order valence-electron chi connectivity index (χ1n) is 10.2. The van der Waals surface area contributed by atoms with Gasteiger partial charge < -0.3 is 18.8 Å². The van der Waals surface area contributed by atoms with Crippen molar-refractivity contribution in [3.8, 4) is 0 Å². The second-order valence-corrected chi connectivity index (χ2v) is 7.78. The number of amides is 1. The second-order valence-electron chi connectivity index (χ2n) is 7.78. The first kappa shape index (κ1) is 19.5. The van der Waals surface area contributed by atoms with Crippen LogP contribution in [0.2, 0.25) is 0 Å². The number of benzene rings is 2. The van der Waals surface area contributed by atoms with Crippen LogP contribution in [0.4, 0.5) is 0 Å². The predicted molar refractivity (Wildman–Crippen MR) is 112 cm³/mol. The number of hydrogen-bond donors (Lipinski definition) is 0. The molecular weight excluding hydrogens is 398 g/mol. The van der Waals surface area contributed by atoms with Crippen molar-refractivity contribution in [2.45, 2.75) is 25.0 Å². The van der Waals surface area contributed by atoms with Crippen molar-refractivity contribution in [3.05, 3.63) is 81.2 Å². The van der Waals surface area contributed by atoms with Gasteiger partial charge in [0.1, 0.15) is 5.58 Å². The molecule has 31 heavy (non-hydrogen) atoms. The number of para-hydroxylation sites is 1. The molecule has 7 nitrogen and oxygen atoms in total. The van der Waals surface area contributed by atoms with E-state index < -0.39 is 12.0 Å². The van der Waals surface area contributed by atoms with Crippen molar-refractivity contribution in [2.75, 3.05) is 20.3 Å². The smallest absolute Gasteiger partial charge is 0.337 e. The molecule has 1 saturated heterocycles. The van der Waals surface area contributed by atoms with Crippen molar-refractivity contribution in [1.82, 2.24) is 4.90 Å². The van der Waals surface area contributed by atoms with Crippen LogP contribution in [0.5, 0.6) is 0 Å². The van der Waals surface area contributed by atoms with Crippen LogP contribution < -0.4 is 5.43 Å². The summed E-state index contributed by atoms with van der Waals surface area (Å²) in [4.78, 5) is 40.2. The van der Waals surface area contributed by atoms with E-state index in [4.69, 9.17) is 13.9 Å². The average molecular weight is 419 g/mol. The zero-order valence-electron chi connectivity index (χ0n) is 17.0. The van der Waals surface area contributed by atoms with Crippen LogP contribution in [-0.4, -0.2) is 43.1 Å². The Morgan fingerprint density at radius 2 is 1.90 bits per heavy atom. The number of fused-ring (bicyclic) bond motifs is 2. The Kier molecular flexibility index (Phi) is 4.82. The summed E-state index contributed by atoms with van der Waals surface area (Å²) in [5.74, 6) is -0.699. The molecule has 1 fully saturated rings. The van der Waals surface area contributed by atoms with E-state index in [1.54, 1.807) is 53.4 Å². The van der Waals surface area contributed by atoms with Crippen LogP contribution in [0.25, 0.3) is 11.0 Å². The van der Waals surface area contributed by atoms with Gasteiger partial charge in [0.15, 0.2) is 5.43 Å². The van der Waals surface area contributed by atoms with Crippen LogP contribution in [0.15, 0.2) is 57.7 Å². The van der Waals surface area contributed by atoms with Gasteiger partial charge in [0.25, 0.3) is 5.91 Å². The highest BCUT2D eigenvalue weighted by molar-refractivity contribution is 5.99. The third kappa shape index (κ3) is 3.21. The summed E-state index contributed by atoms with van der Waals surface area (Å²) in [6.45, 7) is 1.03. The molecule has 158 valence electrons. The summed E-state index contributed by atoms with van der Waals surface area (Å²) in [5.41, 5.74) is 1.61. The minimum absolute atomic E-state index is 0.0729. The summed E-state index contributed by atoms with van der Waals surface area (Å²) in [6, 6.07) is 13.1. The quantitative estimate of drug-likeness (QED) is 0.603. The van der Waals surface area contributed by atoms with E-state index in [0.29, 0.717) is 35.2 Å². The average Bonchev–Trinajstić information content (AvgIpc) is 3.41. The summed E-state index contributed by atoms with van der Waals surface area (Å²) < 4.78 is 16.4. The summed E-state index contributed by atoms with van der Waals surface area (Å²) in [6.07, 6.45) is 1.72. The molecule has 2 aliphatic rings. The lowest BCUT2D eigenvalue weighted by Crippen LogP contribution is -2.36. The van der Waals surface area contributed by atoms with Gasteiger partial charge in [-0.05, 0) is 42.7 Å². The molecule has 7 heteroatoms. The Morgan fingerprint density at radius 3 is 2.61 bits per heavy atom. The number of carbonyl (C=O) groups is 2. The fourth-order valence-corrected chi connectivity index (χ4v) is 4.43. The van der Waals surface area contributed by atoms with Crippen LogP contribution in [-0.2, 0) is 9.47 Å². The molecule has 2 atom stereocenters. The van der Waals surface area contributed by atoms with E-state index in [9.17, 15) is 14.4 Å². The number of hydrogen-bond acceptors (Lipinski definition) is 6. The highest BCUT2D eigenvalue weighted by Gasteiger charge is 2.43. The molecular formula is C24H21NO6. The maximum absolute atomic E-state index is 13.4. The Bertz CT molecular complexity index is 1220. The molecule has 5 rings (SSSR count). The normalized spacial score (nSPS) is 20.3. The van der Waals surface area contributed by atoms with Gasteiger partial charge in [0.2, 0.25) is 5.76 Å². The van der Waals surface area contributed by atoms with Gasteiger partial charge in [-0.25, -0.2) is 4.79 Å². The molecule has 3 heterocycles.